The maximum Gasteiger partial charge on any atom is 0.0908 e. The fraction of sp³-hybridized carbons (Fsp3) is 0.118. The molecule has 7 rings (SSSR count). The SMILES string of the molecule is Cc1ccc2ccc(C)c3c2c1[C@H](c1cccc2ccccc12)N([O])[C@H]3c1cccc2ccccc12. The molecule has 2 nitrogen and oxygen atoms in total. The van der Waals surface area contributed by atoms with Gasteiger partial charge in [-0.15, -0.1) is 10.3 Å². The highest BCUT2D eigenvalue weighted by molar-refractivity contribution is 5.96. The zero-order valence-corrected chi connectivity index (χ0v) is 20.4. The molecule has 6 aromatic carbocycles. The Hall–Kier alpha value is -3.98. The van der Waals surface area contributed by atoms with Gasteiger partial charge in [0, 0.05) is 0 Å². The molecule has 173 valence electrons. The van der Waals surface area contributed by atoms with E-state index in [2.05, 4.69) is 123 Å². The Balaban J connectivity index is 1.62. The number of hydroxylamine groups is 2. The van der Waals surface area contributed by atoms with E-state index in [9.17, 15) is 5.21 Å². The minimum absolute atomic E-state index is 0.405. The lowest BCUT2D eigenvalue weighted by molar-refractivity contribution is -0.203. The highest BCUT2D eigenvalue weighted by atomic mass is 16.5. The molecule has 2 atom stereocenters. The molecule has 1 heterocycles. The summed E-state index contributed by atoms with van der Waals surface area (Å²) in [7, 11) is 0. The zero-order chi connectivity index (χ0) is 24.4. The van der Waals surface area contributed by atoms with Gasteiger partial charge < -0.3 is 0 Å². The summed E-state index contributed by atoms with van der Waals surface area (Å²) < 4.78 is 0. The standard InChI is InChI=1S/C34H26NO/c1-21-17-19-25-20-18-22(2)31-32(25)30(21)33(28-15-7-11-23-9-3-5-13-26(23)28)35(36)34(31)29-16-8-12-24-10-4-6-14-27(24)29/h3-20,33-34H,1-2H3/t33-,34-/m0/s1. The Kier molecular flexibility index (Phi) is 4.75. The van der Waals surface area contributed by atoms with E-state index in [4.69, 9.17) is 0 Å². The lowest BCUT2D eigenvalue weighted by Gasteiger charge is -2.40. The summed E-state index contributed by atoms with van der Waals surface area (Å²) in [6.07, 6.45) is 0. The molecule has 0 aliphatic carbocycles. The summed E-state index contributed by atoms with van der Waals surface area (Å²) in [5.74, 6) is 0. The van der Waals surface area contributed by atoms with Crippen LogP contribution >= 0.6 is 0 Å². The third-order valence-corrected chi connectivity index (χ3v) is 7.99. The number of aryl methyl sites for hydroxylation is 2. The van der Waals surface area contributed by atoms with Crippen LogP contribution in [0.15, 0.2) is 109 Å². The number of benzene rings is 6. The number of rotatable bonds is 2. The highest BCUT2D eigenvalue weighted by Gasteiger charge is 2.41. The van der Waals surface area contributed by atoms with Crippen molar-refractivity contribution in [2.45, 2.75) is 25.9 Å². The van der Waals surface area contributed by atoms with E-state index >= 15 is 0 Å². The van der Waals surface area contributed by atoms with Crippen molar-refractivity contribution in [3.05, 3.63) is 143 Å². The van der Waals surface area contributed by atoms with Gasteiger partial charge in [-0.05, 0) is 79.5 Å². The van der Waals surface area contributed by atoms with Crippen LogP contribution in [0.3, 0.4) is 0 Å². The molecule has 0 saturated heterocycles. The van der Waals surface area contributed by atoms with Crippen molar-refractivity contribution in [2.24, 2.45) is 0 Å². The number of nitrogens with zero attached hydrogens (tertiary/aromatic N) is 1. The van der Waals surface area contributed by atoms with Gasteiger partial charge in [-0.25, -0.2) is 0 Å². The fourth-order valence-corrected chi connectivity index (χ4v) is 6.35. The molecular weight excluding hydrogens is 438 g/mol. The molecule has 6 aromatic rings. The van der Waals surface area contributed by atoms with Crippen LogP contribution in [0.2, 0.25) is 0 Å². The molecule has 0 fully saturated rings. The molecule has 1 aliphatic heterocycles. The third-order valence-electron chi connectivity index (χ3n) is 7.99. The first-order valence-corrected chi connectivity index (χ1v) is 12.6. The summed E-state index contributed by atoms with van der Waals surface area (Å²) in [5, 5.41) is 23.2. The zero-order valence-electron chi connectivity index (χ0n) is 20.4. The van der Waals surface area contributed by atoms with E-state index in [-0.39, 0.29) is 0 Å². The van der Waals surface area contributed by atoms with Gasteiger partial charge in [0.25, 0.3) is 0 Å². The average molecular weight is 465 g/mol. The van der Waals surface area contributed by atoms with Crippen molar-refractivity contribution in [2.75, 3.05) is 0 Å². The molecule has 1 aliphatic rings. The molecule has 0 aromatic heterocycles. The smallest absolute Gasteiger partial charge is 0.0908 e. The second-order valence-electron chi connectivity index (χ2n) is 9.99. The molecule has 36 heavy (non-hydrogen) atoms. The second kappa shape index (κ2) is 8.03. The molecule has 0 unspecified atom stereocenters. The van der Waals surface area contributed by atoms with Crippen molar-refractivity contribution < 1.29 is 5.21 Å². The van der Waals surface area contributed by atoms with Crippen LogP contribution < -0.4 is 0 Å². The van der Waals surface area contributed by atoms with E-state index in [1.54, 1.807) is 0 Å². The Bertz CT molecular complexity index is 1660. The number of fused-ring (bicyclic) bond motifs is 2. The van der Waals surface area contributed by atoms with Gasteiger partial charge in [0.1, 0.15) is 0 Å². The topological polar surface area (TPSA) is 23.1 Å². The lowest BCUT2D eigenvalue weighted by atomic mass is 9.77. The molecule has 0 spiro atoms. The molecule has 2 heteroatoms. The van der Waals surface area contributed by atoms with Crippen LogP contribution in [0, 0.1) is 13.8 Å². The van der Waals surface area contributed by atoms with Gasteiger partial charge in [-0.1, -0.05) is 109 Å². The van der Waals surface area contributed by atoms with E-state index < -0.39 is 12.1 Å². The number of hydrogen-bond acceptors (Lipinski definition) is 1. The van der Waals surface area contributed by atoms with Gasteiger partial charge in [0.05, 0.1) is 12.1 Å². The Labute approximate surface area is 211 Å². The van der Waals surface area contributed by atoms with Crippen molar-refractivity contribution in [1.82, 2.24) is 5.06 Å². The van der Waals surface area contributed by atoms with E-state index in [1.807, 2.05) is 0 Å². The quantitative estimate of drug-likeness (QED) is 0.252. The Morgan fingerprint density at radius 2 is 0.944 bits per heavy atom. The van der Waals surface area contributed by atoms with Crippen molar-refractivity contribution >= 4 is 32.3 Å². The van der Waals surface area contributed by atoms with Crippen LogP contribution in [0.1, 0.15) is 45.5 Å². The second-order valence-corrected chi connectivity index (χ2v) is 9.99. The molecular formula is C34H26NO. The van der Waals surface area contributed by atoms with Crippen LogP contribution in [-0.4, -0.2) is 5.06 Å². The normalized spacial score (nSPS) is 17.8. The van der Waals surface area contributed by atoms with Gasteiger partial charge in [-0.2, -0.15) is 0 Å². The molecule has 0 N–H and O–H groups in total. The third kappa shape index (κ3) is 2.99. The fourth-order valence-electron chi connectivity index (χ4n) is 6.35. The van der Waals surface area contributed by atoms with E-state index in [0.29, 0.717) is 0 Å². The molecule has 0 saturated carbocycles. The predicted molar refractivity (Wildman–Crippen MR) is 148 cm³/mol. The minimum atomic E-state index is -0.405. The summed E-state index contributed by atoms with van der Waals surface area (Å²) in [6.45, 7) is 4.29. The Morgan fingerprint density at radius 3 is 1.44 bits per heavy atom. The van der Waals surface area contributed by atoms with Crippen molar-refractivity contribution in [3.8, 4) is 0 Å². The van der Waals surface area contributed by atoms with E-state index in [0.717, 1.165) is 54.9 Å². The monoisotopic (exact) mass is 464 g/mol. The minimum Gasteiger partial charge on any atom is -0.131 e. The highest BCUT2D eigenvalue weighted by Crippen LogP contribution is 2.51. The summed E-state index contributed by atoms with van der Waals surface area (Å²) in [6, 6.07) is 37.4. The maximum absolute atomic E-state index is 14.8. The van der Waals surface area contributed by atoms with Crippen molar-refractivity contribution in [1.29, 1.82) is 0 Å². The van der Waals surface area contributed by atoms with E-state index in [1.165, 1.54) is 15.8 Å². The van der Waals surface area contributed by atoms with Crippen LogP contribution in [0.25, 0.3) is 32.3 Å². The van der Waals surface area contributed by atoms with Crippen LogP contribution in [0.4, 0.5) is 0 Å². The van der Waals surface area contributed by atoms with Crippen LogP contribution in [-0.2, 0) is 5.21 Å². The lowest BCUT2D eigenvalue weighted by Crippen LogP contribution is -2.35. The van der Waals surface area contributed by atoms with Gasteiger partial charge in [0.2, 0.25) is 0 Å². The summed E-state index contributed by atoms with van der Waals surface area (Å²) in [4.78, 5) is 0. The van der Waals surface area contributed by atoms with Gasteiger partial charge >= 0.3 is 0 Å². The molecule has 0 amide bonds. The average Bonchev–Trinajstić information content (AvgIpc) is 2.91. The number of hydrogen-bond donors (Lipinski definition) is 0. The van der Waals surface area contributed by atoms with Crippen LogP contribution in [0.5, 0.6) is 0 Å². The summed E-state index contributed by atoms with van der Waals surface area (Å²) in [5.41, 5.74) is 6.71. The molecule has 0 bridgehead atoms. The summed E-state index contributed by atoms with van der Waals surface area (Å²) >= 11 is 0. The molecule has 1 radical (unpaired) electrons. The largest absolute Gasteiger partial charge is 0.131 e. The Morgan fingerprint density at radius 1 is 0.500 bits per heavy atom. The van der Waals surface area contributed by atoms with Gasteiger partial charge in [0.15, 0.2) is 0 Å². The maximum atomic E-state index is 14.8. The first-order chi connectivity index (χ1) is 17.6. The predicted octanol–water partition coefficient (Wildman–Crippen LogP) is 8.60. The first-order valence-electron chi connectivity index (χ1n) is 12.6. The first kappa shape index (κ1) is 21.3. The van der Waals surface area contributed by atoms with Crippen molar-refractivity contribution in [3.63, 3.8) is 0 Å². The van der Waals surface area contributed by atoms with Gasteiger partial charge in [-0.3, -0.25) is 0 Å².